The fourth-order valence-corrected chi connectivity index (χ4v) is 3.95. The number of hydrogen-bond donors (Lipinski definition) is 0. The van der Waals surface area contributed by atoms with E-state index < -0.39 is 5.41 Å². The molecule has 0 bridgehead atoms. The Morgan fingerprint density at radius 1 is 1.33 bits per heavy atom. The van der Waals surface area contributed by atoms with Crippen LogP contribution in [0.5, 0.6) is 11.9 Å². The van der Waals surface area contributed by atoms with Crippen molar-refractivity contribution in [3.63, 3.8) is 0 Å². The van der Waals surface area contributed by atoms with Crippen molar-refractivity contribution in [2.45, 2.75) is 39.5 Å². The summed E-state index contributed by atoms with van der Waals surface area (Å²) in [5, 5.41) is 0. The Balaban J connectivity index is 0.00000208. The molecule has 0 radical (unpaired) electrons. The van der Waals surface area contributed by atoms with Crippen molar-refractivity contribution >= 4 is 5.78 Å². The van der Waals surface area contributed by atoms with Crippen LogP contribution in [0.3, 0.4) is 0 Å². The van der Waals surface area contributed by atoms with Crippen LogP contribution in [0.25, 0.3) is 4.85 Å². The van der Waals surface area contributed by atoms with E-state index in [2.05, 4.69) is 14.8 Å². The molecular formula is C18H23N3O3. The van der Waals surface area contributed by atoms with Gasteiger partial charge in [0.25, 0.3) is 0 Å². The molecule has 0 N–H and O–H groups in total. The molecule has 3 rings (SSSR count). The maximum Gasteiger partial charge on any atom is 0.319 e. The molecule has 0 amide bonds. The number of fused-ring (bicyclic) bond motifs is 3. The second kappa shape index (κ2) is 6.23. The topological polar surface area (TPSA) is 65.7 Å². The predicted octanol–water partition coefficient (Wildman–Crippen LogP) is 2.97. The van der Waals surface area contributed by atoms with Gasteiger partial charge in [0.2, 0.25) is 11.6 Å². The van der Waals surface area contributed by atoms with Crippen molar-refractivity contribution in [3.8, 4) is 11.9 Å². The number of methoxy groups -OCH3 is 2. The fourth-order valence-electron chi connectivity index (χ4n) is 3.95. The van der Waals surface area contributed by atoms with Crippen LogP contribution in [-0.4, -0.2) is 30.0 Å². The molecule has 128 valence electrons. The molecule has 1 heterocycles. The number of carbonyl (C=O) groups is 1. The Morgan fingerprint density at radius 3 is 2.62 bits per heavy atom. The number of nitrogens with zero attached hydrogens (tertiary/aromatic N) is 3. The third-order valence-corrected chi connectivity index (χ3v) is 5.14. The van der Waals surface area contributed by atoms with Crippen LogP contribution in [0.4, 0.5) is 0 Å². The van der Waals surface area contributed by atoms with E-state index in [1.165, 1.54) is 7.11 Å². The van der Waals surface area contributed by atoms with Gasteiger partial charge in [-0.3, -0.25) is 0 Å². The maximum absolute atomic E-state index is 12.3. The monoisotopic (exact) mass is 329 g/mol. The average molecular weight is 329 g/mol. The van der Waals surface area contributed by atoms with E-state index >= 15 is 0 Å². The minimum atomic E-state index is -0.496. The van der Waals surface area contributed by atoms with E-state index in [0.717, 1.165) is 24.1 Å². The van der Waals surface area contributed by atoms with E-state index in [4.69, 9.17) is 16.0 Å². The molecule has 0 saturated carbocycles. The number of carbonyl (C=O) groups excluding carboxylic acids is 1. The minimum Gasteiger partial charge on any atom is -0.481 e. The minimum absolute atomic E-state index is 0. The van der Waals surface area contributed by atoms with Gasteiger partial charge in [0.1, 0.15) is 0 Å². The molecule has 0 spiro atoms. The lowest BCUT2D eigenvalue weighted by molar-refractivity contribution is -0.121. The van der Waals surface area contributed by atoms with Crippen LogP contribution < -0.4 is 9.47 Å². The molecule has 0 aromatic carbocycles. The zero-order valence-corrected chi connectivity index (χ0v) is 13.7. The van der Waals surface area contributed by atoms with Crippen LogP contribution in [0.15, 0.2) is 11.8 Å². The first-order valence-electron chi connectivity index (χ1n) is 7.60. The van der Waals surface area contributed by atoms with Crippen molar-refractivity contribution in [1.29, 1.82) is 0 Å². The van der Waals surface area contributed by atoms with E-state index in [1.807, 2.05) is 13.8 Å². The van der Waals surface area contributed by atoms with Gasteiger partial charge in [-0.25, -0.2) is 4.85 Å². The molecule has 0 aliphatic heterocycles. The molecule has 0 fully saturated rings. The summed E-state index contributed by atoms with van der Waals surface area (Å²) in [6.45, 7) is 11.2. The maximum atomic E-state index is 12.3. The molecule has 2 aliphatic rings. The predicted molar refractivity (Wildman–Crippen MR) is 89.9 cm³/mol. The SMILES string of the molecule is C.[C-]#[N+]C1=C[C@@]2(C)c3nc(OC)nc(OC)c3CC[C@@H]2[C@@H](C)C1=O. The van der Waals surface area contributed by atoms with Crippen LogP contribution in [0.1, 0.15) is 39.0 Å². The number of ether oxygens (including phenoxy) is 2. The summed E-state index contributed by atoms with van der Waals surface area (Å²) in [6.07, 6.45) is 3.36. The molecular weight excluding hydrogens is 306 g/mol. The second-order valence-corrected chi connectivity index (χ2v) is 6.27. The normalized spacial score (nSPS) is 27.8. The number of ketones is 1. The largest absolute Gasteiger partial charge is 0.481 e. The molecule has 2 aliphatic carbocycles. The Kier molecular flexibility index (Phi) is 4.66. The zero-order chi connectivity index (χ0) is 16.8. The van der Waals surface area contributed by atoms with E-state index in [0.29, 0.717) is 5.88 Å². The van der Waals surface area contributed by atoms with Crippen LogP contribution in [0.2, 0.25) is 0 Å². The second-order valence-electron chi connectivity index (χ2n) is 6.27. The summed E-state index contributed by atoms with van der Waals surface area (Å²) in [6, 6.07) is 0.241. The summed E-state index contributed by atoms with van der Waals surface area (Å²) in [4.78, 5) is 24.6. The first kappa shape index (κ1) is 17.9. The summed E-state index contributed by atoms with van der Waals surface area (Å²) >= 11 is 0. The summed E-state index contributed by atoms with van der Waals surface area (Å²) < 4.78 is 10.6. The lowest BCUT2D eigenvalue weighted by Gasteiger charge is -2.45. The van der Waals surface area contributed by atoms with E-state index in [-0.39, 0.29) is 36.8 Å². The third-order valence-electron chi connectivity index (χ3n) is 5.14. The van der Waals surface area contributed by atoms with E-state index in [1.54, 1.807) is 13.2 Å². The lowest BCUT2D eigenvalue weighted by atomic mass is 9.58. The van der Waals surface area contributed by atoms with Crippen molar-refractivity contribution in [2.75, 3.05) is 14.2 Å². The van der Waals surface area contributed by atoms with Crippen LogP contribution in [0, 0.1) is 18.4 Å². The van der Waals surface area contributed by atoms with Crippen LogP contribution in [-0.2, 0) is 16.6 Å². The highest BCUT2D eigenvalue weighted by Gasteiger charge is 2.49. The van der Waals surface area contributed by atoms with Gasteiger partial charge in [-0.05, 0) is 18.8 Å². The van der Waals surface area contributed by atoms with Gasteiger partial charge in [0, 0.05) is 16.9 Å². The molecule has 1 aromatic heterocycles. The zero-order valence-electron chi connectivity index (χ0n) is 13.7. The number of Topliss-reactive ketones (excluding diaryl/α,β-unsaturated/α-hetero) is 1. The van der Waals surface area contributed by atoms with Crippen molar-refractivity contribution in [2.24, 2.45) is 11.8 Å². The lowest BCUT2D eigenvalue weighted by Crippen LogP contribution is -2.45. The van der Waals surface area contributed by atoms with Gasteiger partial charge in [0.05, 0.1) is 26.5 Å². The van der Waals surface area contributed by atoms with Crippen LogP contribution >= 0.6 is 0 Å². The summed E-state index contributed by atoms with van der Waals surface area (Å²) in [5.41, 5.74) is 1.44. The van der Waals surface area contributed by atoms with Gasteiger partial charge in [0.15, 0.2) is 5.78 Å². The summed E-state index contributed by atoms with van der Waals surface area (Å²) in [7, 11) is 3.08. The molecule has 0 saturated heterocycles. The molecule has 24 heavy (non-hydrogen) atoms. The molecule has 3 atom stereocenters. The molecule has 0 unspecified atom stereocenters. The highest BCUT2D eigenvalue weighted by Crippen LogP contribution is 2.50. The van der Waals surface area contributed by atoms with Gasteiger partial charge < -0.3 is 14.3 Å². The number of hydrogen-bond acceptors (Lipinski definition) is 5. The average Bonchev–Trinajstić information content (AvgIpc) is 2.57. The molecule has 6 heteroatoms. The Bertz CT molecular complexity index is 751. The smallest absolute Gasteiger partial charge is 0.319 e. The van der Waals surface area contributed by atoms with Crippen molar-refractivity contribution in [3.05, 3.63) is 34.4 Å². The summed E-state index contributed by atoms with van der Waals surface area (Å²) in [5.74, 6) is 0.347. The van der Waals surface area contributed by atoms with Gasteiger partial charge >= 0.3 is 6.01 Å². The quantitative estimate of drug-likeness (QED) is 0.781. The Hall–Kier alpha value is -2.42. The fraction of sp³-hybridized carbons (Fsp3) is 0.556. The first-order chi connectivity index (χ1) is 11.0. The standard InChI is InChI=1S/C17H19N3O3.CH4/c1-9-11-7-6-10-14(19-16(23-5)20-15(10)22-4)17(11,2)8-12(18-3)13(9)21;/h8-9,11H,6-7H2,1-2,4-5H3;1H4/t9-,11-,17-;/m1./s1. The first-order valence-corrected chi connectivity index (χ1v) is 7.60. The Labute approximate surface area is 142 Å². The molecule has 1 aromatic rings. The highest BCUT2D eigenvalue weighted by atomic mass is 16.5. The highest BCUT2D eigenvalue weighted by molar-refractivity contribution is 6.00. The van der Waals surface area contributed by atoms with Gasteiger partial charge in [-0.2, -0.15) is 9.97 Å². The van der Waals surface area contributed by atoms with Gasteiger partial charge in [-0.15, -0.1) is 0 Å². The number of rotatable bonds is 2. The molecule has 6 nitrogen and oxygen atoms in total. The van der Waals surface area contributed by atoms with Crippen molar-refractivity contribution in [1.82, 2.24) is 9.97 Å². The van der Waals surface area contributed by atoms with Gasteiger partial charge in [-0.1, -0.05) is 27.4 Å². The third kappa shape index (κ3) is 2.35. The number of allylic oxidation sites excluding steroid dienone is 2. The van der Waals surface area contributed by atoms with Crippen molar-refractivity contribution < 1.29 is 14.3 Å². The number of aromatic nitrogens is 2. The Morgan fingerprint density at radius 2 is 2.04 bits per heavy atom. The van der Waals surface area contributed by atoms with E-state index in [9.17, 15) is 4.79 Å².